The lowest BCUT2D eigenvalue weighted by atomic mass is 9.64. The minimum absolute atomic E-state index is 0.185. The van der Waals surface area contributed by atoms with E-state index in [1.54, 1.807) is 0 Å². The number of carbonyl (C=O) groups is 1. The Morgan fingerprint density at radius 2 is 1.40 bits per heavy atom. The number of carbonyl (C=O) groups excluding carboxylic acids is 1. The molecule has 4 nitrogen and oxygen atoms in total. The number of nitrogens with two attached hydrogens (primary N) is 2. The van der Waals surface area contributed by atoms with Gasteiger partial charge in [0.2, 0.25) is 5.91 Å². The van der Waals surface area contributed by atoms with Crippen LogP contribution >= 0.6 is 0 Å². The topological polar surface area (TPSA) is 72.3 Å². The lowest BCUT2D eigenvalue weighted by molar-refractivity contribution is -0.123. The van der Waals surface area contributed by atoms with E-state index in [2.05, 4.69) is 29.2 Å². The standard InChI is InChI=1S/C26H37N3O/c27-18-11-3-1-2-4-12-19-29-20-17-24(21-29)26(25(28)30,22-13-7-5-8-14-22)23-15-9-6-10-16-23/h5-10,13-16,24H,1-4,11-12,17-21,27H2,(H2,28,30)/t24-/m1/s1. The van der Waals surface area contributed by atoms with Crippen LogP contribution in [0.4, 0.5) is 0 Å². The molecule has 0 unspecified atom stereocenters. The maximum Gasteiger partial charge on any atom is 0.232 e. The van der Waals surface area contributed by atoms with E-state index in [-0.39, 0.29) is 11.8 Å². The third-order valence-corrected chi connectivity index (χ3v) is 6.66. The molecule has 30 heavy (non-hydrogen) atoms. The smallest absolute Gasteiger partial charge is 0.232 e. The van der Waals surface area contributed by atoms with E-state index in [1.807, 2.05) is 36.4 Å². The van der Waals surface area contributed by atoms with Gasteiger partial charge in [-0.3, -0.25) is 4.79 Å². The van der Waals surface area contributed by atoms with Crippen LogP contribution in [-0.4, -0.2) is 37.0 Å². The van der Waals surface area contributed by atoms with Gasteiger partial charge in [-0.05, 0) is 55.9 Å². The van der Waals surface area contributed by atoms with Crippen LogP contribution < -0.4 is 11.5 Å². The summed E-state index contributed by atoms with van der Waals surface area (Å²) in [5.74, 6) is -0.0593. The Balaban J connectivity index is 1.71. The molecule has 0 saturated carbocycles. The number of benzene rings is 2. The second-order valence-electron chi connectivity index (χ2n) is 8.60. The number of hydrogen-bond acceptors (Lipinski definition) is 3. The maximum atomic E-state index is 13.1. The zero-order valence-electron chi connectivity index (χ0n) is 18.1. The van der Waals surface area contributed by atoms with Gasteiger partial charge in [-0.15, -0.1) is 0 Å². The predicted molar refractivity (Wildman–Crippen MR) is 124 cm³/mol. The van der Waals surface area contributed by atoms with Gasteiger partial charge in [0.05, 0.1) is 0 Å². The molecule has 2 aromatic carbocycles. The number of amides is 1. The Hall–Kier alpha value is -2.17. The molecule has 0 radical (unpaired) electrons. The van der Waals surface area contributed by atoms with E-state index in [0.717, 1.165) is 50.1 Å². The van der Waals surface area contributed by atoms with E-state index in [0.29, 0.717) is 0 Å². The molecule has 1 amide bonds. The number of likely N-dealkylation sites (tertiary alicyclic amines) is 1. The van der Waals surface area contributed by atoms with Gasteiger partial charge in [0.25, 0.3) is 0 Å². The molecule has 3 rings (SSSR count). The van der Waals surface area contributed by atoms with Crippen LogP contribution in [0.3, 0.4) is 0 Å². The lowest BCUT2D eigenvalue weighted by Crippen LogP contribution is -2.49. The summed E-state index contributed by atoms with van der Waals surface area (Å²) in [6, 6.07) is 20.2. The Labute approximate surface area is 181 Å². The van der Waals surface area contributed by atoms with E-state index >= 15 is 0 Å². The Morgan fingerprint density at radius 3 is 1.93 bits per heavy atom. The predicted octanol–water partition coefficient (Wildman–Crippen LogP) is 4.08. The molecule has 1 heterocycles. The second-order valence-corrected chi connectivity index (χ2v) is 8.60. The number of rotatable bonds is 12. The van der Waals surface area contributed by atoms with E-state index < -0.39 is 5.41 Å². The fourth-order valence-electron chi connectivity index (χ4n) is 5.10. The molecule has 1 saturated heterocycles. The minimum Gasteiger partial charge on any atom is -0.369 e. The van der Waals surface area contributed by atoms with Crippen molar-refractivity contribution < 1.29 is 4.79 Å². The molecule has 2 aromatic rings. The van der Waals surface area contributed by atoms with Gasteiger partial charge in [0, 0.05) is 6.54 Å². The zero-order chi connectivity index (χ0) is 21.2. The number of primary amides is 1. The quantitative estimate of drug-likeness (QED) is 0.521. The summed E-state index contributed by atoms with van der Waals surface area (Å²) >= 11 is 0. The molecule has 1 aliphatic heterocycles. The van der Waals surface area contributed by atoms with Gasteiger partial charge >= 0.3 is 0 Å². The Morgan fingerprint density at radius 1 is 0.867 bits per heavy atom. The third kappa shape index (κ3) is 5.11. The summed E-state index contributed by atoms with van der Waals surface area (Å²) in [4.78, 5) is 15.6. The first-order valence-electron chi connectivity index (χ1n) is 11.5. The highest BCUT2D eigenvalue weighted by molar-refractivity contribution is 5.91. The maximum absolute atomic E-state index is 13.1. The molecule has 1 fully saturated rings. The highest BCUT2D eigenvalue weighted by Crippen LogP contribution is 2.43. The SMILES string of the molecule is NCCCCCCCCN1CC[C@@H](C(C(N)=O)(c2ccccc2)c2ccccc2)C1. The number of nitrogens with zero attached hydrogens (tertiary/aromatic N) is 1. The van der Waals surface area contributed by atoms with Gasteiger partial charge in [-0.2, -0.15) is 0 Å². The molecule has 4 heteroatoms. The molecule has 0 aromatic heterocycles. The summed E-state index contributed by atoms with van der Waals surface area (Å²) in [7, 11) is 0. The van der Waals surface area contributed by atoms with Crippen LogP contribution in [0.1, 0.15) is 56.1 Å². The summed E-state index contributed by atoms with van der Waals surface area (Å²) in [6.07, 6.45) is 8.44. The van der Waals surface area contributed by atoms with Crippen molar-refractivity contribution in [3.63, 3.8) is 0 Å². The Kier molecular flexibility index (Phi) is 8.47. The van der Waals surface area contributed by atoms with Crippen molar-refractivity contribution in [2.24, 2.45) is 17.4 Å². The average Bonchev–Trinajstić information content (AvgIpc) is 3.24. The first kappa shape index (κ1) is 22.5. The second kappa shape index (κ2) is 11.3. The average molecular weight is 408 g/mol. The first-order chi connectivity index (χ1) is 14.7. The van der Waals surface area contributed by atoms with Crippen molar-refractivity contribution in [1.29, 1.82) is 0 Å². The van der Waals surface area contributed by atoms with Gasteiger partial charge in [0.1, 0.15) is 5.41 Å². The van der Waals surface area contributed by atoms with E-state index in [9.17, 15) is 4.79 Å². The van der Waals surface area contributed by atoms with E-state index in [1.165, 1.54) is 32.1 Å². The van der Waals surface area contributed by atoms with Crippen LogP contribution in [-0.2, 0) is 10.2 Å². The van der Waals surface area contributed by atoms with Gasteiger partial charge in [-0.25, -0.2) is 0 Å². The number of hydrogen-bond donors (Lipinski definition) is 2. The molecule has 0 spiro atoms. The monoisotopic (exact) mass is 407 g/mol. The molecular formula is C26H37N3O. The van der Waals surface area contributed by atoms with Crippen LogP contribution in [0.15, 0.2) is 60.7 Å². The van der Waals surface area contributed by atoms with Crippen molar-refractivity contribution in [2.75, 3.05) is 26.2 Å². The molecule has 1 aliphatic rings. The molecule has 4 N–H and O–H groups in total. The van der Waals surface area contributed by atoms with Gasteiger partial charge < -0.3 is 16.4 Å². The molecule has 0 bridgehead atoms. The largest absolute Gasteiger partial charge is 0.369 e. The zero-order valence-corrected chi connectivity index (χ0v) is 18.1. The fourth-order valence-corrected chi connectivity index (χ4v) is 5.10. The summed E-state index contributed by atoms with van der Waals surface area (Å²) in [5, 5.41) is 0. The highest BCUT2D eigenvalue weighted by atomic mass is 16.1. The fraction of sp³-hybridized carbons (Fsp3) is 0.500. The summed E-state index contributed by atoms with van der Waals surface area (Å²) in [6.45, 7) is 3.86. The molecule has 162 valence electrons. The minimum atomic E-state index is -0.778. The normalized spacial score (nSPS) is 17.3. The van der Waals surface area contributed by atoms with Crippen LogP contribution in [0.2, 0.25) is 0 Å². The highest BCUT2D eigenvalue weighted by Gasteiger charge is 2.49. The van der Waals surface area contributed by atoms with Crippen molar-refractivity contribution in [2.45, 2.75) is 50.4 Å². The summed E-state index contributed by atoms with van der Waals surface area (Å²) < 4.78 is 0. The van der Waals surface area contributed by atoms with Crippen molar-refractivity contribution >= 4 is 5.91 Å². The number of unbranched alkanes of at least 4 members (excludes halogenated alkanes) is 5. The third-order valence-electron chi connectivity index (χ3n) is 6.66. The lowest BCUT2D eigenvalue weighted by Gasteiger charge is -2.37. The van der Waals surface area contributed by atoms with Crippen molar-refractivity contribution in [3.05, 3.63) is 71.8 Å². The van der Waals surface area contributed by atoms with Crippen molar-refractivity contribution in [3.8, 4) is 0 Å². The molecule has 0 aliphatic carbocycles. The molecular weight excluding hydrogens is 370 g/mol. The molecule has 1 atom stereocenters. The van der Waals surface area contributed by atoms with Gasteiger partial charge in [0.15, 0.2) is 0 Å². The summed E-state index contributed by atoms with van der Waals surface area (Å²) in [5.41, 5.74) is 13.0. The van der Waals surface area contributed by atoms with Crippen LogP contribution in [0.25, 0.3) is 0 Å². The van der Waals surface area contributed by atoms with Gasteiger partial charge in [-0.1, -0.05) is 86.3 Å². The first-order valence-corrected chi connectivity index (χ1v) is 11.5. The van der Waals surface area contributed by atoms with Crippen molar-refractivity contribution in [1.82, 2.24) is 4.90 Å². The Bertz CT molecular complexity index is 723. The van der Waals surface area contributed by atoms with Crippen LogP contribution in [0, 0.1) is 5.92 Å². The van der Waals surface area contributed by atoms with Crippen LogP contribution in [0.5, 0.6) is 0 Å². The van der Waals surface area contributed by atoms with E-state index in [4.69, 9.17) is 11.5 Å².